The Morgan fingerprint density at radius 2 is 2.05 bits per heavy atom. The van der Waals surface area contributed by atoms with Crippen LogP contribution in [0.25, 0.3) is 0 Å². The van der Waals surface area contributed by atoms with Gasteiger partial charge in [-0.1, -0.05) is 0 Å². The third-order valence-electron chi connectivity index (χ3n) is 2.55. The van der Waals surface area contributed by atoms with E-state index in [9.17, 15) is 5.26 Å². The predicted octanol–water partition coefficient (Wildman–Crippen LogP) is 3.21. The van der Waals surface area contributed by atoms with Crippen molar-refractivity contribution in [3.63, 3.8) is 0 Å². The summed E-state index contributed by atoms with van der Waals surface area (Å²) in [5.41, 5.74) is 1.30. The van der Waals surface area contributed by atoms with Crippen LogP contribution >= 0.6 is 11.8 Å². The van der Waals surface area contributed by atoms with Gasteiger partial charge >= 0.3 is 0 Å². The molecule has 20 heavy (non-hydrogen) atoms. The van der Waals surface area contributed by atoms with E-state index >= 15 is 0 Å². The van der Waals surface area contributed by atoms with Gasteiger partial charge in [-0.15, -0.1) is 11.8 Å². The smallest absolute Gasteiger partial charge is 0.152 e. The van der Waals surface area contributed by atoms with Crippen LogP contribution in [0.4, 0.5) is 11.5 Å². The zero-order valence-electron chi connectivity index (χ0n) is 11.3. The van der Waals surface area contributed by atoms with E-state index in [4.69, 9.17) is 4.74 Å². The molecule has 2 aromatic rings. The number of nitrogens with zero attached hydrogens (tertiary/aromatic N) is 3. The van der Waals surface area contributed by atoms with Crippen LogP contribution in [0.15, 0.2) is 35.6 Å². The lowest BCUT2D eigenvalue weighted by Gasteiger charge is -2.09. The number of hydrogen-bond acceptors (Lipinski definition) is 6. The molecule has 6 heteroatoms. The van der Waals surface area contributed by atoms with Gasteiger partial charge in [-0.05, 0) is 37.4 Å². The first-order chi connectivity index (χ1) is 9.78. The number of nitriles is 1. The van der Waals surface area contributed by atoms with Crippen molar-refractivity contribution in [3.05, 3.63) is 36.2 Å². The summed E-state index contributed by atoms with van der Waals surface area (Å²) in [4.78, 5) is 8.20. The van der Waals surface area contributed by atoms with Crippen LogP contribution in [0.5, 0.6) is 5.75 Å². The lowest BCUT2D eigenvalue weighted by atomic mass is 10.2. The molecule has 102 valence electrons. The molecule has 0 spiro atoms. The molecule has 1 heterocycles. The number of benzene rings is 1. The first-order valence-corrected chi connectivity index (χ1v) is 7.30. The van der Waals surface area contributed by atoms with Crippen molar-refractivity contribution < 1.29 is 4.74 Å². The van der Waals surface area contributed by atoms with Crippen molar-refractivity contribution in [2.75, 3.05) is 18.2 Å². The third-order valence-corrected chi connectivity index (χ3v) is 3.24. The predicted molar refractivity (Wildman–Crippen MR) is 79.4 cm³/mol. The Morgan fingerprint density at radius 1 is 1.30 bits per heavy atom. The standard InChI is InChI=1S/C14H14N4OS/c1-3-19-11-6-4-10(5-7-11)18-13-12(8-15)14(20-2)17-9-16-13/h4-7,9H,3H2,1-2H3,(H,16,17,18). The molecule has 2 rings (SSSR count). The third kappa shape index (κ3) is 3.19. The highest BCUT2D eigenvalue weighted by Gasteiger charge is 2.10. The number of hydrogen-bond donors (Lipinski definition) is 1. The second-order valence-electron chi connectivity index (χ2n) is 3.80. The SMILES string of the molecule is CCOc1ccc(Nc2ncnc(SC)c2C#N)cc1. The molecule has 1 aromatic heterocycles. The van der Waals surface area contributed by atoms with Gasteiger partial charge in [-0.2, -0.15) is 5.26 Å². The maximum absolute atomic E-state index is 9.22. The highest BCUT2D eigenvalue weighted by atomic mass is 32.2. The van der Waals surface area contributed by atoms with E-state index in [-0.39, 0.29) is 0 Å². The Hall–Kier alpha value is -2.26. The Bertz CT molecular complexity index is 622. The molecule has 0 aliphatic heterocycles. The van der Waals surface area contributed by atoms with Gasteiger partial charge in [0.1, 0.15) is 28.7 Å². The van der Waals surface area contributed by atoms with Crippen LogP contribution in [-0.2, 0) is 0 Å². The molecule has 0 atom stereocenters. The summed E-state index contributed by atoms with van der Waals surface area (Å²) in [6, 6.07) is 9.64. The summed E-state index contributed by atoms with van der Waals surface area (Å²) >= 11 is 1.42. The van der Waals surface area contributed by atoms with Gasteiger partial charge in [0.05, 0.1) is 6.61 Å². The highest BCUT2D eigenvalue weighted by molar-refractivity contribution is 7.98. The zero-order valence-corrected chi connectivity index (χ0v) is 12.1. The van der Waals surface area contributed by atoms with E-state index < -0.39 is 0 Å². The minimum absolute atomic E-state index is 0.453. The van der Waals surface area contributed by atoms with E-state index in [0.717, 1.165) is 11.4 Å². The molecule has 0 saturated heterocycles. The van der Waals surface area contributed by atoms with Crippen molar-refractivity contribution in [2.45, 2.75) is 11.9 Å². The molecule has 1 N–H and O–H groups in total. The minimum Gasteiger partial charge on any atom is -0.494 e. The maximum Gasteiger partial charge on any atom is 0.152 e. The molecule has 1 aromatic carbocycles. The van der Waals surface area contributed by atoms with Gasteiger partial charge < -0.3 is 10.1 Å². The quantitative estimate of drug-likeness (QED) is 0.672. The van der Waals surface area contributed by atoms with Crippen molar-refractivity contribution in [2.24, 2.45) is 0 Å². The van der Waals surface area contributed by atoms with Gasteiger partial charge in [0.2, 0.25) is 0 Å². The first-order valence-electron chi connectivity index (χ1n) is 6.07. The highest BCUT2D eigenvalue weighted by Crippen LogP contribution is 2.25. The Labute approximate surface area is 122 Å². The lowest BCUT2D eigenvalue weighted by molar-refractivity contribution is 0.340. The van der Waals surface area contributed by atoms with Crippen LogP contribution < -0.4 is 10.1 Å². The molecular weight excluding hydrogens is 272 g/mol. The molecule has 0 amide bonds. The first kappa shape index (κ1) is 14.2. The normalized spacial score (nSPS) is 9.85. The number of anilines is 2. The van der Waals surface area contributed by atoms with Gasteiger partial charge in [0.15, 0.2) is 5.82 Å². The van der Waals surface area contributed by atoms with Gasteiger partial charge in [0, 0.05) is 5.69 Å². The number of aromatic nitrogens is 2. The Balaban J connectivity index is 2.24. The fraction of sp³-hybridized carbons (Fsp3) is 0.214. The average Bonchev–Trinajstić information content (AvgIpc) is 2.49. The molecule has 0 aliphatic rings. The lowest BCUT2D eigenvalue weighted by Crippen LogP contribution is -2.00. The number of thioether (sulfide) groups is 1. The molecular formula is C14H14N4OS. The van der Waals surface area contributed by atoms with E-state index in [0.29, 0.717) is 23.0 Å². The number of rotatable bonds is 5. The molecule has 0 saturated carbocycles. The van der Waals surface area contributed by atoms with E-state index in [2.05, 4.69) is 21.4 Å². The van der Waals surface area contributed by atoms with Crippen molar-refractivity contribution >= 4 is 23.3 Å². The van der Waals surface area contributed by atoms with Crippen LogP contribution in [0.2, 0.25) is 0 Å². The van der Waals surface area contributed by atoms with E-state index in [1.165, 1.54) is 18.1 Å². The summed E-state index contributed by atoms with van der Waals surface area (Å²) in [6.07, 6.45) is 3.33. The minimum atomic E-state index is 0.453. The van der Waals surface area contributed by atoms with E-state index in [1.54, 1.807) is 0 Å². The molecule has 0 fully saturated rings. The maximum atomic E-state index is 9.22. The van der Waals surface area contributed by atoms with Crippen LogP contribution in [0, 0.1) is 11.3 Å². The van der Waals surface area contributed by atoms with Crippen LogP contribution in [0.1, 0.15) is 12.5 Å². The average molecular weight is 286 g/mol. The number of ether oxygens (including phenoxy) is 1. The van der Waals surface area contributed by atoms with Crippen LogP contribution in [-0.4, -0.2) is 22.8 Å². The summed E-state index contributed by atoms with van der Waals surface area (Å²) in [5.74, 6) is 1.32. The van der Waals surface area contributed by atoms with Gasteiger partial charge in [0.25, 0.3) is 0 Å². The van der Waals surface area contributed by atoms with Crippen LogP contribution in [0.3, 0.4) is 0 Å². The second kappa shape index (κ2) is 6.78. The zero-order chi connectivity index (χ0) is 14.4. The number of nitrogens with one attached hydrogen (secondary N) is 1. The summed E-state index contributed by atoms with van der Waals surface area (Å²) in [7, 11) is 0. The summed E-state index contributed by atoms with van der Waals surface area (Å²) in [6.45, 7) is 2.57. The molecule has 0 aliphatic carbocycles. The van der Waals surface area contributed by atoms with Crippen molar-refractivity contribution in [3.8, 4) is 11.8 Å². The monoisotopic (exact) mass is 286 g/mol. The van der Waals surface area contributed by atoms with E-state index in [1.807, 2.05) is 37.4 Å². The summed E-state index contributed by atoms with van der Waals surface area (Å²) in [5, 5.41) is 13.0. The Morgan fingerprint density at radius 3 is 2.65 bits per heavy atom. The van der Waals surface area contributed by atoms with Gasteiger partial charge in [-0.25, -0.2) is 9.97 Å². The fourth-order valence-electron chi connectivity index (χ4n) is 1.66. The molecule has 0 unspecified atom stereocenters. The van der Waals surface area contributed by atoms with Crippen molar-refractivity contribution in [1.29, 1.82) is 5.26 Å². The topological polar surface area (TPSA) is 70.8 Å². The second-order valence-corrected chi connectivity index (χ2v) is 4.60. The summed E-state index contributed by atoms with van der Waals surface area (Å²) < 4.78 is 5.38. The molecule has 0 radical (unpaired) electrons. The van der Waals surface area contributed by atoms with Crippen molar-refractivity contribution in [1.82, 2.24) is 9.97 Å². The Kier molecular flexibility index (Phi) is 4.80. The van der Waals surface area contributed by atoms with Gasteiger partial charge in [-0.3, -0.25) is 0 Å². The largest absolute Gasteiger partial charge is 0.494 e. The molecule has 0 bridgehead atoms. The fourth-order valence-corrected chi connectivity index (χ4v) is 2.16. The molecule has 5 nitrogen and oxygen atoms in total.